The summed E-state index contributed by atoms with van der Waals surface area (Å²) in [5.74, 6) is 1.09. The van der Waals surface area contributed by atoms with Gasteiger partial charge in [-0.25, -0.2) is 18.4 Å². The van der Waals surface area contributed by atoms with E-state index < -0.39 is 10.0 Å². The molecular formula is C24H30N4O4S2. The Kier molecular flexibility index (Phi) is 7.39. The van der Waals surface area contributed by atoms with Crippen molar-refractivity contribution in [1.82, 2.24) is 9.97 Å². The topological polar surface area (TPSA) is 102 Å². The molecule has 1 aliphatic rings. The van der Waals surface area contributed by atoms with Crippen LogP contribution >= 0.6 is 11.3 Å². The molecular weight excluding hydrogens is 472 g/mol. The van der Waals surface area contributed by atoms with Gasteiger partial charge in [0, 0.05) is 25.5 Å². The number of hydrogen-bond donors (Lipinski definition) is 2. The third-order valence-electron chi connectivity index (χ3n) is 6.08. The maximum atomic E-state index is 13.3. The highest BCUT2D eigenvalue weighted by atomic mass is 32.2. The van der Waals surface area contributed by atoms with Crippen molar-refractivity contribution >= 4 is 32.3 Å². The molecule has 8 nitrogen and oxygen atoms in total. The van der Waals surface area contributed by atoms with Gasteiger partial charge in [0.2, 0.25) is 0 Å². The van der Waals surface area contributed by atoms with Crippen LogP contribution in [0, 0.1) is 19.8 Å². The Bertz CT molecular complexity index is 1250. The molecule has 0 spiro atoms. The molecule has 0 radical (unpaired) electrons. The van der Waals surface area contributed by atoms with Crippen LogP contribution in [0.4, 0.5) is 10.9 Å². The van der Waals surface area contributed by atoms with Crippen molar-refractivity contribution in [2.24, 2.45) is 5.92 Å². The Morgan fingerprint density at radius 2 is 1.97 bits per heavy atom. The fraction of sp³-hybridized carbons (Fsp3) is 0.417. The Morgan fingerprint density at radius 3 is 2.68 bits per heavy atom. The van der Waals surface area contributed by atoms with E-state index in [2.05, 4.69) is 21.9 Å². The molecule has 4 rings (SSSR count). The molecule has 3 heterocycles. The van der Waals surface area contributed by atoms with Crippen molar-refractivity contribution < 1.29 is 17.9 Å². The molecule has 1 aromatic carbocycles. The number of aryl methyl sites for hydroxylation is 2. The first-order chi connectivity index (χ1) is 16.3. The van der Waals surface area contributed by atoms with Gasteiger partial charge in [0.05, 0.1) is 17.7 Å². The molecule has 2 N–H and O–H groups in total. The van der Waals surface area contributed by atoms with Gasteiger partial charge >= 0.3 is 0 Å². The molecule has 0 bridgehead atoms. The van der Waals surface area contributed by atoms with Gasteiger partial charge in [-0.2, -0.15) is 0 Å². The van der Waals surface area contributed by atoms with E-state index >= 15 is 0 Å². The normalized spacial score (nSPS) is 15.6. The van der Waals surface area contributed by atoms with Gasteiger partial charge in [-0.3, -0.25) is 4.72 Å². The maximum Gasteiger partial charge on any atom is 0.266 e. The van der Waals surface area contributed by atoms with E-state index in [4.69, 9.17) is 14.5 Å². The number of sulfonamides is 1. The summed E-state index contributed by atoms with van der Waals surface area (Å²) >= 11 is 1.52. The van der Waals surface area contributed by atoms with Crippen LogP contribution in [0.1, 0.15) is 31.0 Å². The summed E-state index contributed by atoms with van der Waals surface area (Å²) in [4.78, 5) is 9.82. The van der Waals surface area contributed by atoms with Gasteiger partial charge in [-0.15, -0.1) is 0 Å². The van der Waals surface area contributed by atoms with Crippen LogP contribution in [0.3, 0.4) is 0 Å². The number of anilines is 2. The molecule has 0 saturated carbocycles. The second-order valence-corrected chi connectivity index (χ2v) is 11.1. The van der Waals surface area contributed by atoms with E-state index in [1.807, 2.05) is 13.0 Å². The number of rotatable bonds is 8. The van der Waals surface area contributed by atoms with Crippen molar-refractivity contribution in [3.05, 3.63) is 47.8 Å². The number of hydrogen-bond acceptors (Lipinski definition) is 8. The molecule has 0 amide bonds. The Hall–Kier alpha value is -2.69. The molecule has 3 aromatic rings. The number of pyridine rings is 1. The lowest BCUT2D eigenvalue weighted by Gasteiger charge is -2.28. The van der Waals surface area contributed by atoms with Gasteiger partial charge in [-0.1, -0.05) is 17.4 Å². The van der Waals surface area contributed by atoms with Crippen molar-refractivity contribution in [3.63, 3.8) is 0 Å². The van der Waals surface area contributed by atoms with Crippen LogP contribution in [0.2, 0.25) is 0 Å². The van der Waals surface area contributed by atoms with Gasteiger partial charge < -0.3 is 14.8 Å². The van der Waals surface area contributed by atoms with Crippen molar-refractivity contribution in [3.8, 4) is 16.2 Å². The quantitative estimate of drug-likeness (QED) is 0.453. The van der Waals surface area contributed by atoms with Crippen molar-refractivity contribution in [2.45, 2.75) is 44.6 Å². The zero-order valence-electron chi connectivity index (χ0n) is 19.8. The molecule has 1 saturated heterocycles. The predicted octanol–water partition coefficient (Wildman–Crippen LogP) is 4.86. The van der Waals surface area contributed by atoms with E-state index in [-0.39, 0.29) is 22.5 Å². The first kappa shape index (κ1) is 24.4. The van der Waals surface area contributed by atoms with Crippen LogP contribution < -0.4 is 14.8 Å². The average Bonchev–Trinajstić information content (AvgIpc) is 3.20. The third kappa shape index (κ3) is 5.34. The highest BCUT2D eigenvalue weighted by molar-refractivity contribution is 7.92. The predicted molar refractivity (Wildman–Crippen MR) is 135 cm³/mol. The molecule has 1 aliphatic heterocycles. The number of methoxy groups -OCH3 is 1. The van der Waals surface area contributed by atoms with Crippen LogP contribution in [0.15, 0.2) is 41.4 Å². The zero-order chi connectivity index (χ0) is 24.3. The average molecular weight is 503 g/mol. The summed E-state index contributed by atoms with van der Waals surface area (Å²) in [5.41, 5.74) is 2.34. The lowest BCUT2D eigenvalue weighted by Crippen LogP contribution is -2.30. The number of thiazole rings is 1. The summed E-state index contributed by atoms with van der Waals surface area (Å²) in [6, 6.07) is 9.00. The SMILES string of the molecule is COc1ccc(-c2sc(NC(C)C3CCOCC3)nc2C)cc1S(=O)(=O)Nc1ncccc1C. The van der Waals surface area contributed by atoms with Gasteiger partial charge in [-0.05, 0) is 74.9 Å². The minimum absolute atomic E-state index is 0.0513. The summed E-state index contributed by atoms with van der Waals surface area (Å²) in [5, 5.41) is 4.36. The molecule has 1 unspecified atom stereocenters. The van der Waals surface area contributed by atoms with E-state index in [9.17, 15) is 8.42 Å². The van der Waals surface area contributed by atoms with Gasteiger partial charge in [0.15, 0.2) is 5.13 Å². The Morgan fingerprint density at radius 1 is 1.21 bits per heavy atom. The standard InChI is InChI=1S/C24H30N4O4S2/c1-15-6-5-11-25-23(15)28-34(29,30)21-14-19(7-8-20(21)31-4)22-17(3)27-24(33-22)26-16(2)18-9-12-32-13-10-18/h5-8,11,14,16,18H,9-10,12-13H2,1-4H3,(H,25,28)(H,26,27). The van der Waals surface area contributed by atoms with Crippen molar-refractivity contribution in [1.29, 1.82) is 0 Å². The highest BCUT2D eigenvalue weighted by Crippen LogP contribution is 2.37. The smallest absolute Gasteiger partial charge is 0.266 e. The van der Waals surface area contributed by atoms with Crippen LogP contribution in [-0.4, -0.2) is 44.8 Å². The van der Waals surface area contributed by atoms with Crippen molar-refractivity contribution in [2.75, 3.05) is 30.4 Å². The monoisotopic (exact) mass is 502 g/mol. The lowest BCUT2D eigenvalue weighted by molar-refractivity contribution is 0.0622. The minimum Gasteiger partial charge on any atom is -0.495 e. The van der Waals surface area contributed by atoms with Gasteiger partial charge in [0.1, 0.15) is 16.5 Å². The number of nitrogens with one attached hydrogen (secondary N) is 2. The number of nitrogens with zero attached hydrogens (tertiary/aromatic N) is 2. The number of benzene rings is 1. The van der Waals surface area contributed by atoms with E-state index in [1.54, 1.807) is 37.4 Å². The third-order valence-corrected chi connectivity index (χ3v) is 8.57. The Balaban J connectivity index is 1.62. The molecule has 0 aliphatic carbocycles. The Labute approximate surface area is 204 Å². The largest absolute Gasteiger partial charge is 0.495 e. The molecule has 2 aromatic heterocycles. The molecule has 34 heavy (non-hydrogen) atoms. The molecule has 10 heteroatoms. The summed E-state index contributed by atoms with van der Waals surface area (Å²) in [7, 11) is -2.47. The molecule has 1 atom stereocenters. The van der Waals surface area contributed by atoms with Crippen LogP contribution in [-0.2, 0) is 14.8 Å². The lowest BCUT2D eigenvalue weighted by atomic mass is 9.93. The fourth-order valence-electron chi connectivity index (χ4n) is 4.06. The van der Waals surface area contributed by atoms with Crippen LogP contribution in [0.25, 0.3) is 10.4 Å². The van der Waals surface area contributed by atoms with Crippen LogP contribution in [0.5, 0.6) is 5.75 Å². The second kappa shape index (κ2) is 10.3. The molecule has 182 valence electrons. The number of ether oxygens (including phenoxy) is 2. The second-order valence-electron chi connectivity index (χ2n) is 8.46. The first-order valence-corrected chi connectivity index (χ1v) is 13.5. The minimum atomic E-state index is -3.93. The van der Waals surface area contributed by atoms with E-state index in [0.29, 0.717) is 5.92 Å². The maximum absolute atomic E-state index is 13.3. The summed E-state index contributed by atoms with van der Waals surface area (Å²) in [6.07, 6.45) is 3.62. The van der Waals surface area contributed by atoms with Gasteiger partial charge in [0.25, 0.3) is 10.0 Å². The van der Waals surface area contributed by atoms with E-state index in [0.717, 1.165) is 52.9 Å². The summed E-state index contributed by atoms with van der Waals surface area (Å²) < 4.78 is 40.0. The molecule has 1 fully saturated rings. The number of aromatic nitrogens is 2. The highest BCUT2D eigenvalue weighted by Gasteiger charge is 2.24. The van der Waals surface area contributed by atoms with E-state index in [1.165, 1.54) is 18.4 Å². The first-order valence-electron chi connectivity index (χ1n) is 11.2. The zero-order valence-corrected chi connectivity index (χ0v) is 21.4. The summed E-state index contributed by atoms with van der Waals surface area (Å²) in [6.45, 7) is 7.51. The fourth-order valence-corrected chi connectivity index (χ4v) is 6.39.